The highest BCUT2D eigenvalue weighted by atomic mass is 15.1. The molecule has 1 aliphatic rings. The van der Waals surface area contributed by atoms with Gasteiger partial charge in [0, 0.05) is 24.9 Å². The van der Waals surface area contributed by atoms with Crippen molar-refractivity contribution in [3.63, 3.8) is 0 Å². The maximum absolute atomic E-state index is 4.39. The minimum absolute atomic E-state index is 0.547. The summed E-state index contributed by atoms with van der Waals surface area (Å²) in [5, 5.41) is 0. The Bertz CT molecular complexity index is 284. The lowest BCUT2D eigenvalue weighted by Gasteiger charge is -2.09. The van der Waals surface area contributed by atoms with Gasteiger partial charge in [0.05, 0.1) is 0 Å². The highest BCUT2D eigenvalue weighted by molar-refractivity contribution is 4.97. The van der Waals surface area contributed by atoms with Gasteiger partial charge in [0.25, 0.3) is 0 Å². The molecule has 1 aromatic heterocycles. The van der Waals surface area contributed by atoms with Crippen molar-refractivity contribution < 1.29 is 0 Å². The van der Waals surface area contributed by atoms with Crippen LogP contribution in [0.1, 0.15) is 51.3 Å². The number of imidazole rings is 1. The third-order valence-electron chi connectivity index (χ3n) is 2.97. The predicted molar refractivity (Wildman–Crippen MR) is 58.3 cm³/mol. The van der Waals surface area contributed by atoms with Gasteiger partial charge >= 0.3 is 0 Å². The van der Waals surface area contributed by atoms with Gasteiger partial charge in [-0.3, -0.25) is 0 Å². The first-order valence-electron chi connectivity index (χ1n) is 5.78. The monoisotopic (exact) mass is 192 g/mol. The first-order chi connectivity index (χ1) is 6.77. The first-order valence-corrected chi connectivity index (χ1v) is 5.78. The van der Waals surface area contributed by atoms with E-state index in [1.165, 1.54) is 31.5 Å². The number of aromatic nitrogens is 2. The molecule has 78 valence electrons. The molecule has 0 radical (unpaired) electrons. The first kappa shape index (κ1) is 9.75. The van der Waals surface area contributed by atoms with E-state index in [4.69, 9.17) is 0 Å². The van der Waals surface area contributed by atoms with Gasteiger partial charge in [-0.05, 0) is 18.8 Å². The molecule has 14 heavy (non-hydrogen) atoms. The van der Waals surface area contributed by atoms with E-state index in [0.29, 0.717) is 5.92 Å². The van der Waals surface area contributed by atoms with E-state index in [-0.39, 0.29) is 0 Å². The Kier molecular flexibility index (Phi) is 2.90. The van der Waals surface area contributed by atoms with Crippen LogP contribution in [0.5, 0.6) is 0 Å². The molecular formula is C12H20N2. The lowest BCUT2D eigenvalue weighted by Crippen LogP contribution is -2.04. The molecule has 1 fully saturated rings. The zero-order valence-electron chi connectivity index (χ0n) is 9.24. The van der Waals surface area contributed by atoms with Gasteiger partial charge in [-0.15, -0.1) is 0 Å². The van der Waals surface area contributed by atoms with Gasteiger partial charge in [-0.25, -0.2) is 4.98 Å². The van der Waals surface area contributed by atoms with E-state index in [9.17, 15) is 0 Å². The molecule has 1 heterocycles. The van der Waals surface area contributed by atoms with E-state index < -0.39 is 0 Å². The Morgan fingerprint density at radius 3 is 2.93 bits per heavy atom. The van der Waals surface area contributed by atoms with Crippen LogP contribution in [0.25, 0.3) is 0 Å². The zero-order valence-corrected chi connectivity index (χ0v) is 9.24. The Morgan fingerprint density at radius 1 is 1.50 bits per heavy atom. The minimum atomic E-state index is 0.547. The molecule has 0 amide bonds. The fourth-order valence-electron chi connectivity index (χ4n) is 1.97. The molecule has 1 saturated carbocycles. The van der Waals surface area contributed by atoms with E-state index in [0.717, 1.165) is 12.5 Å². The molecular weight excluding hydrogens is 172 g/mol. The maximum Gasteiger partial charge on any atom is 0.111 e. The Hall–Kier alpha value is -0.790. The molecule has 2 rings (SSSR count). The average Bonchev–Trinajstić information content (AvgIpc) is 2.82. The number of hydrogen-bond acceptors (Lipinski definition) is 1. The number of nitrogens with zero attached hydrogens (tertiary/aromatic N) is 2. The van der Waals surface area contributed by atoms with Gasteiger partial charge in [-0.1, -0.05) is 26.7 Å². The molecule has 0 N–H and O–H groups in total. The molecule has 2 heteroatoms. The van der Waals surface area contributed by atoms with E-state index >= 15 is 0 Å². The summed E-state index contributed by atoms with van der Waals surface area (Å²) in [6.45, 7) is 5.57. The highest BCUT2D eigenvalue weighted by Crippen LogP contribution is 2.33. The average molecular weight is 192 g/mol. The maximum atomic E-state index is 4.39. The summed E-state index contributed by atoms with van der Waals surface area (Å²) in [6, 6.07) is 0. The van der Waals surface area contributed by atoms with Crippen LogP contribution in [-0.4, -0.2) is 9.55 Å². The fourth-order valence-corrected chi connectivity index (χ4v) is 1.97. The fraction of sp³-hybridized carbons (Fsp3) is 0.750. The van der Waals surface area contributed by atoms with E-state index in [1.54, 1.807) is 0 Å². The van der Waals surface area contributed by atoms with Crippen LogP contribution in [-0.2, 0) is 6.54 Å². The lowest BCUT2D eigenvalue weighted by molar-refractivity contribution is 0.548. The normalized spacial score (nSPS) is 16.5. The van der Waals surface area contributed by atoms with Crippen LogP contribution in [0, 0.1) is 5.92 Å². The number of hydrogen-bond donors (Lipinski definition) is 0. The third kappa shape index (κ3) is 2.37. The molecule has 0 aromatic carbocycles. The summed E-state index contributed by atoms with van der Waals surface area (Å²) < 4.78 is 2.31. The smallest absolute Gasteiger partial charge is 0.111 e. The molecule has 0 unspecified atom stereocenters. The van der Waals surface area contributed by atoms with Crippen LogP contribution in [0.3, 0.4) is 0 Å². The molecule has 0 spiro atoms. The largest absolute Gasteiger partial charge is 0.335 e. The van der Waals surface area contributed by atoms with Crippen molar-refractivity contribution in [3.8, 4) is 0 Å². The van der Waals surface area contributed by atoms with Crippen molar-refractivity contribution in [1.29, 1.82) is 0 Å². The SMILES string of the molecule is CC(C)c1nccn1CCCC1CC1. The second-order valence-electron chi connectivity index (χ2n) is 4.72. The van der Waals surface area contributed by atoms with Crippen molar-refractivity contribution in [2.45, 2.75) is 52.0 Å². The molecule has 0 saturated heterocycles. The van der Waals surface area contributed by atoms with Crippen LogP contribution >= 0.6 is 0 Å². The third-order valence-corrected chi connectivity index (χ3v) is 2.97. The van der Waals surface area contributed by atoms with Gasteiger partial charge in [0.15, 0.2) is 0 Å². The van der Waals surface area contributed by atoms with Gasteiger partial charge in [0.2, 0.25) is 0 Å². The molecule has 1 aliphatic carbocycles. The summed E-state index contributed by atoms with van der Waals surface area (Å²) in [5.74, 6) is 2.84. The lowest BCUT2D eigenvalue weighted by atomic mass is 10.2. The van der Waals surface area contributed by atoms with Gasteiger partial charge in [0.1, 0.15) is 5.82 Å². The Morgan fingerprint density at radius 2 is 2.29 bits per heavy atom. The molecule has 0 aliphatic heterocycles. The minimum Gasteiger partial charge on any atom is -0.335 e. The van der Waals surface area contributed by atoms with Crippen LogP contribution in [0.2, 0.25) is 0 Å². The highest BCUT2D eigenvalue weighted by Gasteiger charge is 2.20. The second-order valence-corrected chi connectivity index (χ2v) is 4.72. The van der Waals surface area contributed by atoms with Crippen LogP contribution in [0.4, 0.5) is 0 Å². The molecule has 1 aromatic rings. The number of aryl methyl sites for hydroxylation is 1. The van der Waals surface area contributed by atoms with Gasteiger partial charge in [-0.2, -0.15) is 0 Å². The topological polar surface area (TPSA) is 17.8 Å². The summed E-state index contributed by atoms with van der Waals surface area (Å²) in [5.41, 5.74) is 0. The number of rotatable bonds is 5. The summed E-state index contributed by atoms with van der Waals surface area (Å²) >= 11 is 0. The van der Waals surface area contributed by atoms with Gasteiger partial charge < -0.3 is 4.57 Å². The molecule has 0 bridgehead atoms. The quantitative estimate of drug-likeness (QED) is 0.700. The van der Waals surface area contributed by atoms with E-state index in [2.05, 4.69) is 29.6 Å². The molecule has 0 atom stereocenters. The zero-order chi connectivity index (χ0) is 9.97. The summed E-state index contributed by atoms with van der Waals surface area (Å²) in [4.78, 5) is 4.39. The van der Waals surface area contributed by atoms with Crippen molar-refractivity contribution in [3.05, 3.63) is 18.2 Å². The summed E-state index contributed by atoms with van der Waals surface area (Å²) in [7, 11) is 0. The van der Waals surface area contributed by atoms with Crippen LogP contribution in [0.15, 0.2) is 12.4 Å². The molecule has 2 nitrogen and oxygen atoms in total. The predicted octanol–water partition coefficient (Wildman–Crippen LogP) is 3.20. The van der Waals surface area contributed by atoms with Crippen molar-refractivity contribution in [1.82, 2.24) is 9.55 Å². The Balaban J connectivity index is 1.84. The van der Waals surface area contributed by atoms with Crippen molar-refractivity contribution in [2.24, 2.45) is 5.92 Å². The second kappa shape index (κ2) is 4.16. The Labute approximate surface area is 86.3 Å². The van der Waals surface area contributed by atoms with Crippen LogP contribution < -0.4 is 0 Å². The van der Waals surface area contributed by atoms with E-state index in [1.807, 2.05) is 6.20 Å². The van der Waals surface area contributed by atoms with Crippen molar-refractivity contribution >= 4 is 0 Å². The van der Waals surface area contributed by atoms with Crippen molar-refractivity contribution in [2.75, 3.05) is 0 Å². The standard InChI is InChI=1S/C12H20N2/c1-10(2)12-13-7-9-14(12)8-3-4-11-5-6-11/h7,9-11H,3-6,8H2,1-2H3. The summed E-state index contributed by atoms with van der Waals surface area (Å²) in [6.07, 6.45) is 9.72.